The lowest BCUT2D eigenvalue weighted by atomic mass is 9.94. The number of non-ortho nitro benzene ring substituents is 1. The van der Waals surface area contributed by atoms with Gasteiger partial charge < -0.3 is 23.7 Å². The van der Waals surface area contributed by atoms with Crippen LogP contribution in [0.25, 0.3) is 0 Å². The van der Waals surface area contributed by atoms with Crippen molar-refractivity contribution < 1.29 is 33.4 Å². The molecular formula is C31H31NO8. The van der Waals surface area contributed by atoms with Crippen LogP contribution in [0.15, 0.2) is 60.7 Å². The third-order valence-electron chi connectivity index (χ3n) is 6.09. The fraction of sp³-hybridized carbons (Fsp3) is 0.323. The van der Waals surface area contributed by atoms with Gasteiger partial charge in [-0.05, 0) is 72.9 Å². The van der Waals surface area contributed by atoms with Gasteiger partial charge in [0, 0.05) is 17.2 Å². The molecule has 1 aliphatic carbocycles. The normalized spacial score (nSPS) is 11.5. The van der Waals surface area contributed by atoms with Crippen LogP contribution in [0.3, 0.4) is 0 Å². The Hall–Kier alpha value is -4.55. The molecule has 0 N–H and O–H groups in total. The van der Waals surface area contributed by atoms with Crippen molar-refractivity contribution in [1.29, 1.82) is 0 Å². The van der Waals surface area contributed by atoms with Crippen LogP contribution in [-0.2, 0) is 22.3 Å². The highest BCUT2D eigenvalue weighted by molar-refractivity contribution is 5.64. The van der Waals surface area contributed by atoms with E-state index in [4.69, 9.17) is 23.7 Å². The van der Waals surface area contributed by atoms with Crippen LogP contribution < -0.4 is 14.2 Å². The Kier molecular flexibility index (Phi) is 10.4. The van der Waals surface area contributed by atoms with E-state index in [-0.39, 0.29) is 24.7 Å². The van der Waals surface area contributed by atoms with Gasteiger partial charge in [0.25, 0.3) is 5.69 Å². The van der Waals surface area contributed by atoms with Crippen LogP contribution in [0, 0.1) is 22.0 Å². The summed E-state index contributed by atoms with van der Waals surface area (Å²) < 4.78 is 27.0. The van der Waals surface area contributed by atoms with Crippen molar-refractivity contribution in [2.45, 2.75) is 32.6 Å². The van der Waals surface area contributed by atoms with Crippen molar-refractivity contribution in [1.82, 2.24) is 0 Å². The van der Waals surface area contributed by atoms with Crippen molar-refractivity contribution in [3.8, 4) is 29.1 Å². The number of fused-ring (bicyclic) bond motifs is 2. The van der Waals surface area contributed by atoms with Crippen molar-refractivity contribution in [2.75, 3.05) is 33.0 Å². The number of aryl methyl sites for hydroxylation is 2. The van der Waals surface area contributed by atoms with Gasteiger partial charge >= 0.3 is 6.16 Å². The number of nitro groups is 1. The maximum Gasteiger partial charge on any atom is 0.513 e. The maximum atomic E-state index is 11.8. The molecule has 0 radical (unpaired) electrons. The van der Waals surface area contributed by atoms with E-state index in [1.807, 2.05) is 30.3 Å². The number of benzene rings is 3. The van der Waals surface area contributed by atoms with Crippen LogP contribution in [0.4, 0.5) is 10.5 Å². The van der Waals surface area contributed by atoms with E-state index in [0.717, 1.165) is 66.5 Å². The summed E-state index contributed by atoms with van der Waals surface area (Å²) in [7, 11) is 0. The Bertz CT molecular complexity index is 1390. The number of carbonyl (C=O) groups excluding carboxylic acids is 1. The minimum atomic E-state index is -0.966. The van der Waals surface area contributed by atoms with Gasteiger partial charge in [-0.3, -0.25) is 10.1 Å². The Balaban J connectivity index is 1.18. The summed E-state index contributed by atoms with van der Waals surface area (Å²) in [6.07, 6.45) is 2.87. The quantitative estimate of drug-likeness (QED) is 0.0654. The highest BCUT2D eigenvalue weighted by Crippen LogP contribution is 2.25. The molecule has 9 heteroatoms. The molecule has 0 unspecified atom stereocenters. The topological polar surface area (TPSA) is 106 Å². The average Bonchev–Trinajstić information content (AvgIpc) is 2.94. The summed E-state index contributed by atoms with van der Waals surface area (Å²) in [5, 5.41) is 10.8. The zero-order valence-corrected chi connectivity index (χ0v) is 22.4. The minimum Gasteiger partial charge on any atom is -0.494 e. The summed E-state index contributed by atoms with van der Waals surface area (Å²) in [5.74, 6) is 8.24. The minimum absolute atomic E-state index is 0.0289. The van der Waals surface area contributed by atoms with Gasteiger partial charge in [0.2, 0.25) is 0 Å². The van der Waals surface area contributed by atoms with Crippen molar-refractivity contribution in [3.63, 3.8) is 0 Å². The lowest BCUT2D eigenvalue weighted by Gasteiger charge is -2.14. The van der Waals surface area contributed by atoms with Gasteiger partial charge in [0.15, 0.2) is 0 Å². The second-order valence-corrected chi connectivity index (χ2v) is 9.01. The van der Waals surface area contributed by atoms with E-state index in [0.29, 0.717) is 13.2 Å². The summed E-state index contributed by atoms with van der Waals surface area (Å²) in [5.41, 5.74) is 4.16. The maximum absolute atomic E-state index is 11.8. The highest BCUT2D eigenvalue weighted by atomic mass is 16.7. The van der Waals surface area contributed by atoms with E-state index in [9.17, 15) is 14.9 Å². The molecule has 0 aliphatic heterocycles. The van der Waals surface area contributed by atoms with Crippen LogP contribution in [0.1, 0.15) is 42.0 Å². The van der Waals surface area contributed by atoms with Gasteiger partial charge in [-0.1, -0.05) is 31.3 Å². The Labute approximate surface area is 233 Å². The fourth-order valence-corrected chi connectivity index (χ4v) is 4.01. The predicted molar refractivity (Wildman–Crippen MR) is 148 cm³/mol. The molecule has 0 spiro atoms. The first kappa shape index (κ1) is 28.5. The summed E-state index contributed by atoms with van der Waals surface area (Å²) in [6.45, 7) is 3.61. The zero-order valence-electron chi connectivity index (χ0n) is 22.4. The highest BCUT2D eigenvalue weighted by Gasteiger charge is 2.12. The van der Waals surface area contributed by atoms with Gasteiger partial charge in [-0.25, -0.2) is 4.79 Å². The molecule has 3 aromatic carbocycles. The second kappa shape index (κ2) is 14.6. The van der Waals surface area contributed by atoms with Crippen molar-refractivity contribution in [2.24, 2.45) is 0 Å². The van der Waals surface area contributed by atoms with Crippen molar-refractivity contribution >= 4 is 11.8 Å². The molecular weight excluding hydrogens is 514 g/mol. The molecule has 3 aromatic rings. The summed E-state index contributed by atoms with van der Waals surface area (Å²) >= 11 is 0. The lowest BCUT2D eigenvalue weighted by molar-refractivity contribution is -0.384. The molecule has 0 saturated carbocycles. The third kappa shape index (κ3) is 8.48. The van der Waals surface area contributed by atoms with E-state index in [1.165, 1.54) is 23.8 Å². The number of nitrogens with zero attached hydrogens (tertiary/aromatic N) is 1. The Morgan fingerprint density at radius 3 is 2.12 bits per heavy atom. The first-order valence-electron chi connectivity index (χ1n) is 13.2. The summed E-state index contributed by atoms with van der Waals surface area (Å²) in [4.78, 5) is 22.0. The molecule has 0 saturated heterocycles. The van der Waals surface area contributed by atoms with Crippen molar-refractivity contribution in [3.05, 3.63) is 93.0 Å². The standard InChI is InChI=1S/C31H31NO8/c1-2-3-15-37-28-13-11-23-7-8-24-12-14-29(21-26(24)10-9-25(23)20-28)38-18-16-36-17-19-39-31(33)40-30-6-4-5-27(22-30)32(34)35/h4-6,11-14,20-22H,2-3,9-10,15-19H2,1H3. The molecule has 0 aromatic heterocycles. The first-order valence-corrected chi connectivity index (χ1v) is 13.2. The van der Waals surface area contributed by atoms with E-state index < -0.39 is 11.1 Å². The number of nitro benzene ring substituents is 1. The molecule has 0 fully saturated rings. The Morgan fingerprint density at radius 2 is 1.48 bits per heavy atom. The number of ether oxygens (including phenoxy) is 5. The molecule has 4 rings (SSSR count). The van der Waals surface area contributed by atoms with Gasteiger partial charge in [-0.15, -0.1) is 0 Å². The van der Waals surface area contributed by atoms with Crippen LogP contribution in [-0.4, -0.2) is 44.1 Å². The SMILES string of the molecule is CCCCOc1ccc2c(c1)CCc1cc(OCCOCCOC(=O)Oc3cccc([N+](=O)[O-])c3)ccc1C#C2. The lowest BCUT2D eigenvalue weighted by Crippen LogP contribution is -2.16. The molecule has 208 valence electrons. The zero-order chi connectivity index (χ0) is 28.2. The van der Waals surface area contributed by atoms with Crippen LogP contribution >= 0.6 is 0 Å². The molecule has 0 atom stereocenters. The smallest absolute Gasteiger partial charge is 0.494 e. The summed E-state index contributed by atoms with van der Waals surface area (Å²) in [6, 6.07) is 17.3. The predicted octanol–water partition coefficient (Wildman–Crippen LogP) is 5.88. The molecule has 9 nitrogen and oxygen atoms in total. The number of rotatable bonds is 13. The fourth-order valence-electron chi connectivity index (χ4n) is 4.01. The third-order valence-corrected chi connectivity index (χ3v) is 6.09. The van der Waals surface area contributed by atoms with Crippen LogP contribution in [0.5, 0.6) is 17.2 Å². The molecule has 40 heavy (non-hydrogen) atoms. The van der Waals surface area contributed by atoms with Gasteiger partial charge in [0.05, 0.1) is 30.8 Å². The number of unbranched alkanes of at least 4 members (excludes halogenated alkanes) is 1. The van der Waals surface area contributed by atoms with E-state index >= 15 is 0 Å². The Morgan fingerprint density at radius 1 is 0.825 bits per heavy atom. The van der Waals surface area contributed by atoms with E-state index in [2.05, 4.69) is 24.8 Å². The van der Waals surface area contributed by atoms with Crippen LogP contribution in [0.2, 0.25) is 0 Å². The first-order chi connectivity index (χ1) is 19.5. The molecule has 0 bridgehead atoms. The number of hydrogen-bond donors (Lipinski definition) is 0. The van der Waals surface area contributed by atoms with Gasteiger partial charge in [0.1, 0.15) is 30.5 Å². The molecule has 0 amide bonds. The number of carbonyl (C=O) groups is 1. The monoisotopic (exact) mass is 545 g/mol. The average molecular weight is 546 g/mol. The van der Waals surface area contributed by atoms with E-state index in [1.54, 1.807) is 0 Å². The molecule has 1 aliphatic rings. The largest absolute Gasteiger partial charge is 0.513 e. The molecule has 0 heterocycles. The van der Waals surface area contributed by atoms with Gasteiger partial charge in [-0.2, -0.15) is 0 Å². The number of hydrogen-bond acceptors (Lipinski definition) is 8. The second-order valence-electron chi connectivity index (χ2n) is 9.01.